The van der Waals surface area contributed by atoms with Crippen molar-refractivity contribution in [3.05, 3.63) is 52.2 Å². The summed E-state index contributed by atoms with van der Waals surface area (Å²) in [4.78, 5) is 24.7. The van der Waals surface area contributed by atoms with E-state index in [4.69, 9.17) is 17.0 Å². The lowest BCUT2D eigenvalue weighted by Gasteiger charge is -2.14. The first-order chi connectivity index (χ1) is 13.3. The molecule has 146 valence electrons. The van der Waals surface area contributed by atoms with Crippen molar-refractivity contribution in [3.63, 3.8) is 0 Å². The summed E-state index contributed by atoms with van der Waals surface area (Å²) in [6, 6.07) is 9.78. The number of thioether (sulfide) groups is 1. The molecular formula is C20H19N2O4S2-. The van der Waals surface area contributed by atoms with Gasteiger partial charge in [-0.15, -0.1) is 0 Å². The highest BCUT2D eigenvalue weighted by molar-refractivity contribution is 8.26. The van der Waals surface area contributed by atoms with Crippen molar-refractivity contribution < 1.29 is 19.4 Å². The zero-order valence-electron chi connectivity index (χ0n) is 15.7. The minimum absolute atomic E-state index is 0.223. The summed E-state index contributed by atoms with van der Waals surface area (Å²) in [6.45, 7) is 5.98. The van der Waals surface area contributed by atoms with E-state index in [9.17, 15) is 14.7 Å². The molecule has 0 atom stereocenters. The van der Waals surface area contributed by atoms with Crippen LogP contribution in [0.4, 0.5) is 0 Å². The van der Waals surface area contributed by atoms with Crippen LogP contribution in [0.5, 0.6) is 5.75 Å². The van der Waals surface area contributed by atoms with Crippen LogP contribution < -0.4 is 9.84 Å². The largest absolute Gasteiger partial charge is 0.548 e. The van der Waals surface area contributed by atoms with Gasteiger partial charge >= 0.3 is 0 Å². The van der Waals surface area contributed by atoms with Crippen LogP contribution in [-0.4, -0.2) is 38.8 Å². The van der Waals surface area contributed by atoms with E-state index < -0.39 is 18.4 Å². The van der Waals surface area contributed by atoms with Gasteiger partial charge in [-0.1, -0.05) is 24.0 Å². The molecule has 0 radical (unpaired) electrons. The van der Waals surface area contributed by atoms with Crippen molar-refractivity contribution in [1.29, 1.82) is 0 Å². The fourth-order valence-corrected chi connectivity index (χ4v) is 4.34. The van der Waals surface area contributed by atoms with E-state index in [1.165, 1.54) is 0 Å². The lowest BCUT2D eigenvalue weighted by Crippen LogP contribution is -2.40. The van der Waals surface area contributed by atoms with E-state index in [2.05, 4.69) is 4.57 Å². The molecule has 8 heteroatoms. The standard InChI is InChI=1S/C20H20N2O4S2/c1-4-26-16-7-5-15(6-8-16)22-12(2)9-14(13(22)3)10-17-19(25)21(11-18(23)24)20(27)28-17/h5-10H,4,11H2,1-3H3,(H,23,24)/p-1/b17-10-. The molecule has 1 fully saturated rings. The minimum atomic E-state index is -1.34. The fraction of sp³-hybridized carbons (Fsp3) is 0.250. The highest BCUT2D eigenvalue weighted by Gasteiger charge is 2.32. The monoisotopic (exact) mass is 415 g/mol. The van der Waals surface area contributed by atoms with Crippen LogP contribution in [0.3, 0.4) is 0 Å². The van der Waals surface area contributed by atoms with Gasteiger partial charge in [-0.05, 0) is 62.7 Å². The fourth-order valence-electron chi connectivity index (χ4n) is 3.10. The molecule has 0 bridgehead atoms. The van der Waals surface area contributed by atoms with Crippen LogP contribution in [0.1, 0.15) is 23.9 Å². The number of thiocarbonyl (C=S) groups is 1. The van der Waals surface area contributed by atoms with Crippen molar-refractivity contribution in [1.82, 2.24) is 9.47 Å². The minimum Gasteiger partial charge on any atom is -0.548 e. The molecule has 0 unspecified atom stereocenters. The third kappa shape index (κ3) is 3.98. The number of hydrogen-bond donors (Lipinski definition) is 0. The van der Waals surface area contributed by atoms with E-state index in [0.29, 0.717) is 11.5 Å². The number of benzene rings is 1. The van der Waals surface area contributed by atoms with Gasteiger partial charge in [-0.25, -0.2) is 0 Å². The summed E-state index contributed by atoms with van der Waals surface area (Å²) >= 11 is 6.22. The number of nitrogens with zero attached hydrogens (tertiary/aromatic N) is 2. The lowest BCUT2D eigenvalue weighted by molar-refractivity contribution is -0.305. The number of carboxylic acid groups (broad SMARTS) is 1. The Balaban J connectivity index is 1.92. The molecule has 28 heavy (non-hydrogen) atoms. The van der Waals surface area contributed by atoms with Crippen LogP contribution in [-0.2, 0) is 9.59 Å². The van der Waals surface area contributed by atoms with Crippen molar-refractivity contribution in [3.8, 4) is 11.4 Å². The van der Waals surface area contributed by atoms with Gasteiger partial charge in [0.05, 0.1) is 24.0 Å². The Kier molecular flexibility index (Phi) is 5.90. The van der Waals surface area contributed by atoms with Crippen LogP contribution in [0.25, 0.3) is 11.8 Å². The molecule has 1 aromatic carbocycles. The molecule has 0 aliphatic carbocycles. The zero-order chi connectivity index (χ0) is 20.4. The molecular weight excluding hydrogens is 396 g/mol. The molecule has 1 aromatic heterocycles. The van der Waals surface area contributed by atoms with E-state index in [1.807, 2.05) is 51.1 Å². The summed E-state index contributed by atoms with van der Waals surface area (Å²) in [7, 11) is 0. The van der Waals surface area contributed by atoms with E-state index in [0.717, 1.165) is 45.1 Å². The van der Waals surface area contributed by atoms with Gasteiger partial charge in [0.2, 0.25) is 0 Å². The van der Waals surface area contributed by atoms with Crippen molar-refractivity contribution in [2.45, 2.75) is 20.8 Å². The third-order valence-electron chi connectivity index (χ3n) is 4.32. The van der Waals surface area contributed by atoms with Crippen molar-refractivity contribution >= 4 is 46.3 Å². The van der Waals surface area contributed by atoms with Gasteiger partial charge in [0.1, 0.15) is 10.1 Å². The molecule has 1 aliphatic heterocycles. The maximum absolute atomic E-state index is 12.5. The number of amides is 1. The van der Waals surface area contributed by atoms with Crippen LogP contribution >= 0.6 is 24.0 Å². The normalized spacial score (nSPS) is 15.5. The quantitative estimate of drug-likeness (QED) is 0.533. The number of ether oxygens (including phenoxy) is 1. The number of aryl methyl sites for hydroxylation is 1. The van der Waals surface area contributed by atoms with Crippen LogP contribution in [0.2, 0.25) is 0 Å². The van der Waals surface area contributed by atoms with Crippen LogP contribution in [0, 0.1) is 13.8 Å². The van der Waals surface area contributed by atoms with Gasteiger partial charge in [0.25, 0.3) is 5.91 Å². The van der Waals surface area contributed by atoms with E-state index in [1.54, 1.807) is 6.08 Å². The maximum Gasteiger partial charge on any atom is 0.266 e. The maximum atomic E-state index is 12.5. The molecule has 3 rings (SSSR count). The van der Waals surface area contributed by atoms with Gasteiger partial charge in [0.15, 0.2) is 0 Å². The first kappa shape index (κ1) is 20.2. The number of rotatable bonds is 6. The molecule has 1 amide bonds. The number of carbonyl (C=O) groups is 2. The second kappa shape index (κ2) is 8.20. The summed E-state index contributed by atoms with van der Waals surface area (Å²) in [6.07, 6.45) is 1.75. The average molecular weight is 416 g/mol. The highest BCUT2D eigenvalue weighted by Crippen LogP contribution is 2.34. The van der Waals surface area contributed by atoms with E-state index >= 15 is 0 Å². The number of carboxylic acids is 1. The molecule has 0 N–H and O–H groups in total. The van der Waals surface area contributed by atoms with Crippen molar-refractivity contribution in [2.75, 3.05) is 13.2 Å². The number of aromatic nitrogens is 1. The topological polar surface area (TPSA) is 74.6 Å². The van der Waals surface area contributed by atoms with Gasteiger partial charge in [-0.2, -0.15) is 0 Å². The number of aliphatic carboxylic acids is 1. The van der Waals surface area contributed by atoms with Crippen molar-refractivity contribution in [2.24, 2.45) is 0 Å². The average Bonchev–Trinajstić information content (AvgIpc) is 3.06. The number of hydrogen-bond acceptors (Lipinski definition) is 6. The highest BCUT2D eigenvalue weighted by atomic mass is 32.2. The lowest BCUT2D eigenvalue weighted by atomic mass is 10.2. The van der Waals surface area contributed by atoms with Gasteiger partial charge in [-0.3, -0.25) is 9.69 Å². The zero-order valence-corrected chi connectivity index (χ0v) is 17.4. The Morgan fingerprint density at radius 1 is 1.29 bits per heavy atom. The Morgan fingerprint density at radius 3 is 2.57 bits per heavy atom. The Hall–Kier alpha value is -2.58. The smallest absolute Gasteiger partial charge is 0.266 e. The Morgan fingerprint density at radius 2 is 1.96 bits per heavy atom. The predicted molar refractivity (Wildman–Crippen MR) is 111 cm³/mol. The van der Waals surface area contributed by atoms with Gasteiger partial charge < -0.3 is 19.2 Å². The van der Waals surface area contributed by atoms with E-state index in [-0.39, 0.29) is 4.32 Å². The summed E-state index contributed by atoms with van der Waals surface area (Å²) in [5, 5.41) is 10.8. The molecule has 6 nitrogen and oxygen atoms in total. The predicted octanol–water partition coefficient (Wildman–Crippen LogP) is 2.44. The second-order valence-electron chi connectivity index (χ2n) is 6.23. The SMILES string of the molecule is CCOc1ccc(-n2c(C)cc(/C=C3\SC(=S)N(CC(=O)[O-])C3=O)c2C)cc1. The molecule has 2 aromatic rings. The van der Waals surface area contributed by atoms with Crippen LogP contribution in [0.15, 0.2) is 35.2 Å². The molecule has 1 aliphatic rings. The summed E-state index contributed by atoms with van der Waals surface area (Å²) < 4.78 is 7.80. The molecule has 0 spiro atoms. The Bertz CT molecular complexity index is 977. The summed E-state index contributed by atoms with van der Waals surface area (Å²) in [5.41, 5.74) is 3.84. The first-order valence-corrected chi connectivity index (χ1v) is 9.91. The molecule has 1 saturated heterocycles. The summed E-state index contributed by atoms with van der Waals surface area (Å²) in [5.74, 6) is -0.943. The third-order valence-corrected chi connectivity index (χ3v) is 5.70. The molecule has 2 heterocycles. The van der Waals surface area contributed by atoms with Gasteiger partial charge in [0, 0.05) is 17.1 Å². The first-order valence-electron chi connectivity index (χ1n) is 8.69. The second-order valence-corrected chi connectivity index (χ2v) is 7.90. The number of carbonyl (C=O) groups excluding carboxylic acids is 2. The molecule has 0 saturated carbocycles. The Labute approximate surface area is 172 Å².